The molecule has 1 aliphatic rings. The molecule has 4 nitrogen and oxygen atoms in total. The lowest BCUT2D eigenvalue weighted by atomic mass is 10.1. The van der Waals surface area contributed by atoms with Crippen LogP contribution < -0.4 is 10.1 Å². The predicted molar refractivity (Wildman–Crippen MR) is 73.3 cm³/mol. The molecule has 0 radical (unpaired) electrons. The molecule has 2 rings (SSSR count). The molecule has 1 aromatic carbocycles. The zero-order chi connectivity index (χ0) is 13.5. The maximum absolute atomic E-state index is 11.7. The highest BCUT2D eigenvalue weighted by Crippen LogP contribution is 2.14. The Hall–Kier alpha value is -1.55. The number of aryl methyl sites for hydroxylation is 1. The van der Waals surface area contributed by atoms with E-state index in [-0.39, 0.29) is 5.91 Å². The Labute approximate surface area is 114 Å². The second-order valence-electron chi connectivity index (χ2n) is 4.89. The Kier molecular flexibility index (Phi) is 5.21. The van der Waals surface area contributed by atoms with Gasteiger partial charge < -0.3 is 14.8 Å². The van der Waals surface area contributed by atoms with Crippen molar-refractivity contribution in [1.29, 1.82) is 0 Å². The number of carbonyl (C=O) groups is 1. The van der Waals surface area contributed by atoms with Gasteiger partial charge in [-0.1, -0.05) is 12.1 Å². The molecule has 1 aromatic rings. The number of ether oxygens (including phenoxy) is 2. The van der Waals surface area contributed by atoms with Gasteiger partial charge in [-0.3, -0.25) is 4.79 Å². The van der Waals surface area contributed by atoms with Crippen LogP contribution in [0.4, 0.5) is 0 Å². The quantitative estimate of drug-likeness (QED) is 0.851. The third-order valence-corrected chi connectivity index (χ3v) is 3.39. The van der Waals surface area contributed by atoms with E-state index in [0.717, 1.165) is 43.9 Å². The van der Waals surface area contributed by atoms with E-state index in [4.69, 9.17) is 9.47 Å². The highest BCUT2D eigenvalue weighted by Gasteiger charge is 2.16. The summed E-state index contributed by atoms with van der Waals surface area (Å²) in [7, 11) is 1.65. The van der Waals surface area contributed by atoms with E-state index in [1.165, 1.54) is 0 Å². The Bertz CT molecular complexity index is 414. The van der Waals surface area contributed by atoms with Crippen molar-refractivity contribution in [2.45, 2.75) is 19.3 Å². The van der Waals surface area contributed by atoms with Crippen LogP contribution in [0, 0.1) is 5.92 Å². The lowest BCUT2D eigenvalue weighted by molar-refractivity contribution is -0.121. The van der Waals surface area contributed by atoms with Crippen molar-refractivity contribution in [1.82, 2.24) is 5.32 Å². The zero-order valence-corrected chi connectivity index (χ0v) is 11.4. The zero-order valence-electron chi connectivity index (χ0n) is 11.4. The normalized spacial score (nSPS) is 18.3. The Morgan fingerprint density at radius 2 is 2.42 bits per heavy atom. The van der Waals surface area contributed by atoms with Crippen LogP contribution >= 0.6 is 0 Å². The van der Waals surface area contributed by atoms with Gasteiger partial charge in [0.25, 0.3) is 0 Å². The van der Waals surface area contributed by atoms with Gasteiger partial charge in [-0.05, 0) is 30.5 Å². The lowest BCUT2D eigenvalue weighted by Crippen LogP contribution is -2.29. The standard InChI is InChI=1S/C15H21NO3/c1-18-14-4-2-3-12(9-14)5-6-15(17)16-10-13-7-8-19-11-13/h2-4,9,13H,5-8,10-11H2,1H3,(H,16,17). The first kappa shape index (κ1) is 13.9. The molecule has 1 atom stereocenters. The highest BCUT2D eigenvalue weighted by atomic mass is 16.5. The van der Waals surface area contributed by atoms with Crippen molar-refractivity contribution >= 4 is 5.91 Å². The van der Waals surface area contributed by atoms with E-state index in [9.17, 15) is 4.79 Å². The van der Waals surface area contributed by atoms with Gasteiger partial charge >= 0.3 is 0 Å². The van der Waals surface area contributed by atoms with Crippen molar-refractivity contribution in [2.24, 2.45) is 5.92 Å². The number of carbonyl (C=O) groups excluding carboxylic acids is 1. The lowest BCUT2D eigenvalue weighted by Gasteiger charge is -2.09. The minimum Gasteiger partial charge on any atom is -0.497 e. The number of amides is 1. The molecule has 1 heterocycles. The number of methoxy groups -OCH3 is 1. The fourth-order valence-corrected chi connectivity index (χ4v) is 2.18. The summed E-state index contributed by atoms with van der Waals surface area (Å²) in [5, 5.41) is 2.97. The summed E-state index contributed by atoms with van der Waals surface area (Å²) in [6.45, 7) is 2.33. The van der Waals surface area contributed by atoms with E-state index in [1.807, 2.05) is 24.3 Å². The number of hydrogen-bond donors (Lipinski definition) is 1. The smallest absolute Gasteiger partial charge is 0.220 e. The fourth-order valence-electron chi connectivity index (χ4n) is 2.18. The molecule has 0 saturated carbocycles. The van der Waals surface area contributed by atoms with Crippen molar-refractivity contribution < 1.29 is 14.3 Å². The SMILES string of the molecule is COc1cccc(CCC(=O)NCC2CCOC2)c1. The maximum Gasteiger partial charge on any atom is 0.220 e. The number of hydrogen-bond acceptors (Lipinski definition) is 3. The van der Waals surface area contributed by atoms with Crippen molar-refractivity contribution in [3.05, 3.63) is 29.8 Å². The summed E-state index contributed by atoms with van der Waals surface area (Å²) >= 11 is 0. The maximum atomic E-state index is 11.7. The van der Waals surface area contributed by atoms with Crippen LogP contribution in [0.25, 0.3) is 0 Å². The minimum absolute atomic E-state index is 0.106. The van der Waals surface area contributed by atoms with Crippen LogP contribution in [0.5, 0.6) is 5.75 Å². The largest absolute Gasteiger partial charge is 0.497 e. The van der Waals surface area contributed by atoms with Crippen LogP contribution in [0.3, 0.4) is 0 Å². The summed E-state index contributed by atoms with van der Waals surface area (Å²) in [6.07, 6.45) is 2.31. The summed E-state index contributed by atoms with van der Waals surface area (Å²) in [6, 6.07) is 7.84. The van der Waals surface area contributed by atoms with Gasteiger partial charge in [0.2, 0.25) is 5.91 Å². The fraction of sp³-hybridized carbons (Fsp3) is 0.533. The molecule has 1 amide bonds. The Morgan fingerprint density at radius 3 is 3.16 bits per heavy atom. The molecule has 0 spiro atoms. The van der Waals surface area contributed by atoms with Gasteiger partial charge in [0.05, 0.1) is 13.7 Å². The van der Waals surface area contributed by atoms with Gasteiger partial charge in [-0.15, -0.1) is 0 Å². The second-order valence-corrected chi connectivity index (χ2v) is 4.89. The monoisotopic (exact) mass is 263 g/mol. The van der Waals surface area contributed by atoms with E-state index in [1.54, 1.807) is 7.11 Å². The van der Waals surface area contributed by atoms with Gasteiger partial charge in [0.1, 0.15) is 5.75 Å². The summed E-state index contributed by atoms with van der Waals surface area (Å²) in [5.74, 6) is 1.43. The van der Waals surface area contributed by atoms with Crippen LogP contribution in [0.1, 0.15) is 18.4 Å². The molecular weight excluding hydrogens is 242 g/mol. The third-order valence-electron chi connectivity index (χ3n) is 3.39. The highest BCUT2D eigenvalue weighted by molar-refractivity contribution is 5.76. The molecule has 4 heteroatoms. The molecule has 1 N–H and O–H groups in total. The second kappa shape index (κ2) is 7.14. The molecule has 1 saturated heterocycles. The molecular formula is C15H21NO3. The topological polar surface area (TPSA) is 47.6 Å². The van der Waals surface area contributed by atoms with E-state index in [0.29, 0.717) is 12.3 Å². The third kappa shape index (κ3) is 4.56. The molecule has 0 bridgehead atoms. The van der Waals surface area contributed by atoms with Crippen LogP contribution in [-0.2, 0) is 16.0 Å². The van der Waals surface area contributed by atoms with Gasteiger partial charge in [-0.25, -0.2) is 0 Å². The van der Waals surface area contributed by atoms with Crippen molar-refractivity contribution in [3.63, 3.8) is 0 Å². The van der Waals surface area contributed by atoms with Gasteiger partial charge in [-0.2, -0.15) is 0 Å². The number of nitrogens with one attached hydrogen (secondary N) is 1. The molecule has 1 unspecified atom stereocenters. The first-order valence-corrected chi connectivity index (χ1v) is 6.75. The van der Waals surface area contributed by atoms with Crippen molar-refractivity contribution in [3.8, 4) is 5.75 Å². The first-order chi connectivity index (χ1) is 9.28. The first-order valence-electron chi connectivity index (χ1n) is 6.75. The van der Waals surface area contributed by atoms with Crippen LogP contribution in [0.2, 0.25) is 0 Å². The van der Waals surface area contributed by atoms with Crippen molar-refractivity contribution in [2.75, 3.05) is 26.9 Å². The molecule has 0 aromatic heterocycles. The van der Waals surface area contributed by atoms with E-state index < -0.39 is 0 Å². The van der Waals surface area contributed by atoms with Gasteiger partial charge in [0, 0.05) is 25.5 Å². The van der Waals surface area contributed by atoms with Gasteiger partial charge in [0.15, 0.2) is 0 Å². The summed E-state index contributed by atoms with van der Waals surface area (Å²) in [5.41, 5.74) is 1.12. The van der Waals surface area contributed by atoms with E-state index >= 15 is 0 Å². The predicted octanol–water partition coefficient (Wildman–Crippen LogP) is 1.78. The molecule has 19 heavy (non-hydrogen) atoms. The summed E-state index contributed by atoms with van der Waals surface area (Å²) < 4.78 is 10.4. The summed E-state index contributed by atoms with van der Waals surface area (Å²) in [4.78, 5) is 11.7. The van der Waals surface area contributed by atoms with Crippen LogP contribution in [0.15, 0.2) is 24.3 Å². The van der Waals surface area contributed by atoms with Crippen LogP contribution in [-0.4, -0.2) is 32.8 Å². The Morgan fingerprint density at radius 1 is 1.53 bits per heavy atom. The average Bonchev–Trinajstić information content (AvgIpc) is 2.96. The minimum atomic E-state index is 0.106. The van der Waals surface area contributed by atoms with E-state index in [2.05, 4.69) is 5.32 Å². The number of benzene rings is 1. The Balaban J connectivity index is 1.70. The molecule has 1 aliphatic heterocycles. The molecule has 0 aliphatic carbocycles. The molecule has 1 fully saturated rings. The molecule has 104 valence electrons. The number of rotatable bonds is 6. The average molecular weight is 263 g/mol.